The fourth-order valence-electron chi connectivity index (χ4n) is 3.72. The summed E-state index contributed by atoms with van der Waals surface area (Å²) in [6.07, 6.45) is 3.23. The molecule has 2 aromatic rings. The van der Waals surface area contributed by atoms with Crippen molar-refractivity contribution in [3.63, 3.8) is 0 Å². The lowest BCUT2D eigenvalue weighted by molar-refractivity contribution is 0.0471. The summed E-state index contributed by atoms with van der Waals surface area (Å²) in [5.74, 6) is -0.239. The highest BCUT2D eigenvalue weighted by atomic mass is 19.1. The van der Waals surface area contributed by atoms with Crippen LogP contribution in [0.3, 0.4) is 0 Å². The Morgan fingerprint density at radius 3 is 2.43 bits per heavy atom. The zero-order valence-corrected chi connectivity index (χ0v) is 12.7. The van der Waals surface area contributed by atoms with Crippen molar-refractivity contribution in [1.82, 2.24) is 0 Å². The smallest absolute Gasteiger partial charge is 0.405 e. The molecule has 2 aromatic carbocycles. The highest BCUT2D eigenvalue weighted by Crippen LogP contribution is 2.62. The van der Waals surface area contributed by atoms with Crippen LogP contribution in [-0.4, -0.2) is 6.09 Å². The number of carbonyl (C=O) groups is 1. The lowest BCUT2D eigenvalue weighted by atomic mass is 9.78. The third-order valence-electron chi connectivity index (χ3n) is 5.18. The van der Waals surface area contributed by atoms with Crippen LogP contribution in [0.5, 0.6) is 0 Å². The Bertz CT molecular complexity index is 765. The van der Waals surface area contributed by atoms with Gasteiger partial charge in [-0.1, -0.05) is 30.3 Å². The largest absolute Gasteiger partial charge is 0.441 e. The highest BCUT2D eigenvalue weighted by Gasteiger charge is 2.54. The molecule has 4 heteroatoms. The van der Waals surface area contributed by atoms with Gasteiger partial charge in [-0.2, -0.15) is 0 Å². The Morgan fingerprint density at radius 2 is 1.78 bits per heavy atom. The van der Waals surface area contributed by atoms with Gasteiger partial charge >= 0.3 is 6.09 Å². The van der Waals surface area contributed by atoms with Crippen molar-refractivity contribution in [2.45, 2.75) is 31.8 Å². The second-order valence-electron chi connectivity index (χ2n) is 6.60. The number of rotatable bonds is 2. The molecule has 1 unspecified atom stereocenters. The van der Waals surface area contributed by atoms with Gasteiger partial charge in [-0.15, -0.1) is 0 Å². The molecule has 2 aliphatic rings. The van der Waals surface area contributed by atoms with Crippen LogP contribution in [0.25, 0.3) is 11.1 Å². The Labute approximate surface area is 134 Å². The lowest BCUT2D eigenvalue weighted by Gasteiger charge is -2.33. The summed E-state index contributed by atoms with van der Waals surface area (Å²) in [7, 11) is 0. The maximum Gasteiger partial charge on any atom is 0.405 e. The summed E-state index contributed by atoms with van der Waals surface area (Å²) in [6.45, 7) is 0. The van der Waals surface area contributed by atoms with E-state index >= 15 is 0 Å². The minimum absolute atomic E-state index is 0.0966. The number of amides is 1. The van der Waals surface area contributed by atoms with E-state index in [1.54, 1.807) is 12.1 Å². The second kappa shape index (κ2) is 5.08. The Hall–Kier alpha value is -2.36. The molecule has 0 radical (unpaired) electrons. The molecule has 1 saturated carbocycles. The molecule has 0 saturated heterocycles. The monoisotopic (exact) mass is 311 g/mol. The van der Waals surface area contributed by atoms with Crippen molar-refractivity contribution in [2.24, 2.45) is 11.1 Å². The minimum Gasteiger partial charge on any atom is -0.441 e. The van der Waals surface area contributed by atoms with Gasteiger partial charge in [-0.3, -0.25) is 0 Å². The topological polar surface area (TPSA) is 52.3 Å². The molecule has 2 N–H and O–H groups in total. The number of ether oxygens (including phenoxy) is 1. The molecule has 23 heavy (non-hydrogen) atoms. The Morgan fingerprint density at radius 1 is 1.09 bits per heavy atom. The number of hydrogen-bond acceptors (Lipinski definition) is 2. The average Bonchev–Trinajstić information content (AvgIpc) is 3.31. The van der Waals surface area contributed by atoms with E-state index in [2.05, 4.69) is 6.07 Å². The summed E-state index contributed by atoms with van der Waals surface area (Å²) in [4.78, 5) is 11.3. The summed E-state index contributed by atoms with van der Waals surface area (Å²) < 4.78 is 18.5. The van der Waals surface area contributed by atoms with Gasteiger partial charge in [0.05, 0.1) is 0 Å². The molecule has 1 spiro atoms. The fourth-order valence-corrected chi connectivity index (χ4v) is 3.72. The van der Waals surface area contributed by atoms with Gasteiger partial charge in [0.25, 0.3) is 0 Å². The molecule has 0 aliphatic heterocycles. The molecule has 1 atom stereocenters. The number of fused-ring (bicyclic) bond motifs is 1. The van der Waals surface area contributed by atoms with Crippen molar-refractivity contribution in [1.29, 1.82) is 0 Å². The highest BCUT2D eigenvalue weighted by molar-refractivity contribution is 5.67. The molecule has 0 aromatic heterocycles. The van der Waals surface area contributed by atoms with Gasteiger partial charge in [0.2, 0.25) is 0 Å². The Kier molecular flexibility index (Phi) is 3.15. The van der Waals surface area contributed by atoms with Crippen LogP contribution in [0.15, 0.2) is 42.5 Å². The lowest BCUT2D eigenvalue weighted by Crippen LogP contribution is -2.28. The van der Waals surface area contributed by atoms with Gasteiger partial charge in [0.1, 0.15) is 11.9 Å². The van der Waals surface area contributed by atoms with E-state index in [4.69, 9.17) is 10.5 Å². The predicted molar refractivity (Wildman–Crippen MR) is 85.2 cm³/mol. The van der Waals surface area contributed by atoms with Crippen LogP contribution in [-0.2, 0) is 11.2 Å². The van der Waals surface area contributed by atoms with Gasteiger partial charge in [0, 0.05) is 5.41 Å². The standard InChI is InChI=1S/C19H18FNO2/c20-15-4-1-12(2-5-15)13-3-6-16-14(11-13)7-8-19(9-10-19)17(16)23-18(21)22/h1-6,11,17H,7-10H2,(H2,21,22). The maximum absolute atomic E-state index is 13.1. The second-order valence-corrected chi connectivity index (χ2v) is 6.60. The number of halogens is 1. The maximum atomic E-state index is 13.1. The molecule has 0 heterocycles. The van der Waals surface area contributed by atoms with Crippen molar-refractivity contribution >= 4 is 6.09 Å². The number of benzene rings is 2. The van der Waals surface area contributed by atoms with Crippen molar-refractivity contribution in [3.05, 3.63) is 59.4 Å². The number of aryl methyl sites for hydroxylation is 1. The molecule has 118 valence electrons. The first-order valence-electron chi connectivity index (χ1n) is 7.92. The first kappa shape index (κ1) is 14.2. The van der Waals surface area contributed by atoms with Crippen molar-refractivity contribution in [3.8, 4) is 11.1 Å². The van der Waals surface area contributed by atoms with Gasteiger partial charge in [-0.05, 0) is 60.1 Å². The van der Waals surface area contributed by atoms with E-state index in [1.807, 2.05) is 12.1 Å². The van der Waals surface area contributed by atoms with Crippen LogP contribution in [0.2, 0.25) is 0 Å². The number of carbonyl (C=O) groups excluding carboxylic acids is 1. The quantitative estimate of drug-likeness (QED) is 0.896. The summed E-state index contributed by atoms with van der Waals surface area (Å²) in [5, 5.41) is 0. The first-order valence-corrected chi connectivity index (χ1v) is 7.92. The third-order valence-corrected chi connectivity index (χ3v) is 5.18. The predicted octanol–water partition coefficient (Wildman–Crippen LogP) is 4.36. The van der Waals surface area contributed by atoms with E-state index in [-0.39, 0.29) is 17.3 Å². The first-order chi connectivity index (χ1) is 11.1. The number of primary amides is 1. The van der Waals surface area contributed by atoms with Crippen molar-refractivity contribution < 1.29 is 13.9 Å². The van der Waals surface area contributed by atoms with Gasteiger partial charge in [-0.25, -0.2) is 9.18 Å². The van der Waals surface area contributed by atoms with E-state index in [0.717, 1.165) is 42.4 Å². The van der Waals surface area contributed by atoms with Crippen molar-refractivity contribution in [2.75, 3.05) is 0 Å². The van der Waals surface area contributed by atoms with Gasteiger partial charge < -0.3 is 10.5 Å². The third kappa shape index (κ3) is 2.48. The molecule has 4 rings (SSSR count). The molecular weight excluding hydrogens is 293 g/mol. The molecular formula is C19H18FNO2. The van der Waals surface area contributed by atoms with Crippen LogP contribution in [0.4, 0.5) is 9.18 Å². The zero-order chi connectivity index (χ0) is 16.0. The SMILES string of the molecule is NC(=O)OC1c2ccc(-c3ccc(F)cc3)cc2CCC12CC2. The summed E-state index contributed by atoms with van der Waals surface area (Å²) >= 11 is 0. The van der Waals surface area contributed by atoms with Crippen LogP contribution < -0.4 is 5.73 Å². The minimum atomic E-state index is -0.711. The van der Waals surface area contributed by atoms with Crippen LogP contribution in [0.1, 0.15) is 36.5 Å². The fraction of sp³-hybridized carbons (Fsp3) is 0.316. The zero-order valence-electron chi connectivity index (χ0n) is 12.7. The van der Waals surface area contributed by atoms with E-state index < -0.39 is 6.09 Å². The van der Waals surface area contributed by atoms with Crippen LogP contribution in [0, 0.1) is 11.2 Å². The molecule has 3 nitrogen and oxygen atoms in total. The summed E-state index contributed by atoms with van der Waals surface area (Å²) in [6, 6.07) is 12.6. The van der Waals surface area contributed by atoms with Crippen LogP contribution >= 0.6 is 0 Å². The Balaban J connectivity index is 1.72. The number of nitrogens with two attached hydrogens (primary N) is 1. The van der Waals surface area contributed by atoms with E-state index in [0.29, 0.717) is 0 Å². The molecule has 0 bridgehead atoms. The summed E-state index contributed by atoms with van der Waals surface area (Å²) in [5.41, 5.74) is 9.65. The van der Waals surface area contributed by atoms with Gasteiger partial charge in [0.15, 0.2) is 0 Å². The molecule has 2 aliphatic carbocycles. The molecule has 1 fully saturated rings. The van der Waals surface area contributed by atoms with E-state index in [1.165, 1.54) is 17.7 Å². The number of hydrogen-bond donors (Lipinski definition) is 1. The molecule has 1 amide bonds. The normalized spacial score (nSPS) is 20.8. The average molecular weight is 311 g/mol. The van der Waals surface area contributed by atoms with E-state index in [9.17, 15) is 9.18 Å².